The topological polar surface area (TPSA) is 107 Å². The number of hydrogen-bond donors (Lipinski definition) is 1. The summed E-state index contributed by atoms with van der Waals surface area (Å²) in [7, 11) is -3.52. The van der Waals surface area contributed by atoms with E-state index in [1.54, 1.807) is 11.6 Å². The van der Waals surface area contributed by atoms with Gasteiger partial charge < -0.3 is 4.74 Å². The Hall–Kier alpha value is -1.78. The number of carbonyl (C=O) groups is 1. The van der Waals surface area contributed by atoms with Gasteiger partial charge in [0, 0.05) is 17.6 Å². The molecule has 10 heteroatoms. The van der Waals surface area contributed by atoms with Crippen LogP contribution < -0.4 is 10.3 Å². The normalized spacial score (nSPS) is 13.1. The van der Waals surface area contributed by atoms with Crippen molar-refractivity contribution in [2.75, 3.05) is 5.75 Å². The maximum absolute atomic E-state index is 11.9. The number of nitrogens with zero attached hydrogens (tertiary/aromatic N) is 2. The van der Waals surface area contributed by atoms with Crippen molar-refractivity contribution in [2.45, 2.75) is 39.3 Å². The van der Waals surface area contributed by atoms with Gasteiger partial charge in [-0.25, -0.2) is 18.1 Å². The molecule has 0 unspecified atom stereocenters. The molecule has 1 atom stereocenters. The Balaban J connectivity index is 1.95. The van der Waals surface area contributed by atoms with Crippen LogP contribution in [0.4, 0.5) is 0 Å². The van der Waals surface area contributed by atoms with Gasteiger partial charge in [-0.1, -0.05) is 13.3 Å². The van der Waals surface area contributed by atoms with Gasteiger partial charge in [0.1, 0.15) is 12.6 Å². The molecule has 2 rings (SSSR count). The van der Waals surface area contributed by atoms with Gasteiger partial charge in [-0.05, 0) is 13.3 Å². The van der Waals surface area contributed by atoms with Crippen molar-refractivity contribution in [2.24, 2.45) is 0 Å². The van der Waals surface area contributed by atoms with E-state index >= 15 is 0 Å². The Labute approximate surface area is 143 Å². The van der Waals surface area contributed by atoms with E-state index in [0.717, 1.165) is 6.42 Å². The molecule has 0 radical (unpaired) electrons. The maximum Gasteiger partial charge on any atom is 0.324 e. The van der Waals surface area contributed by atoms with Gasteiger partial charge in [-0.15, -0.1) is 11.3 Å². The van der Waals surface area contributed by atoms with E-state index in [-0.39, 0.29) is 17.9 Å². The molecule has 1 N–H and O–H groups in total. The van der Waals surface area contributed by atoms with E-state index < -0.39 is 22.0 Å². The summed E-state index contributed by atoms with van der Waals surface area (Å²) in [5.41, 5.74) is 0.0532. The van der Waals surface area contributed by atoms with Crippen molar-refractivity contribution in [1.82, 2.24) is 14.1 Å². The predicted molar refractivity (Wildman–Crippen MR) is 90.4 cm³/mol. The molecule has 0 bridgehead atoms. The standard InChI is InChI=1S/C14H19N3O5S2/c1-3-4-7-24(20,21)16-10(2)13(19)22-9-11-8-12(18)17-5-6-23-14(17)15-11/h5-6,8,10,16H,3-4,7,9H2,1-2H3/t10-/m0/s1. The summed E-state index contributed by atoms with van der Waals surface area (Å²) in [6.07, 6.45) is 2.87. The van der Waals surface area contributed by atoms with Crippen molar-refractivity contribution in [3.8, 4) is 0 Å². The minimum Gasteiger partial charge on any atom is -0.458 e. The fourth-order valence-electron chi connectivity index (χ4n) is 1.94. The number of nitrogens with one attached hydrogen (secondary N) is 1. The molecule has 0 aliphatic heterocycles. The fraction of sp³-hybridized carbons (Fsp3) is 0.500. The van der Waals surface area contributed by atoms with Gasteiger partial charge in [0.05, 0.1) is 11.4 Å². The quantitative estimate of drug-likeness (QED) is 0.689. The van der Waals surface area contributed by atoms with Crippen LogP contribution in [0.15, 0.2) is 22.4 Å². The number of fused-ring (bicyclic) bond motifs is 1. The van der Waals surface area contributed by atoms with Crippen LogP contribution in [0.5, 0.6) is 0 Å². The monoisotopic (exact) mass is 373 g/mol. The molecular weight excluding hydrogens is 354 g/mol. The molecule has 2 aromatic heterocycles. The molecule has 0 aromatic carbocycles. The van der Waals surface area contributed by atoms with Crippen molar-refractivity contribution in [3.63, 3.8) is 0 Å². The third-order valence-electron chi connectivity index (χ3n) is 3.20. The molecule has 2 aromatic rings. The molecule has 0 aliphatic carbocycles. The van der Waals surface area contributed by atoms with Crippen molar-refractivity contribution in [3.05, 3.63) is 33.7 Å². The first-order valence-corrected chi connectivity index (χ1v) is 9.98. The lowest BCUT2D eigenvalue weighted by Gasteiger charge is -2.13. The predicted octanol–water partition coefficient (Wildman–Crippen LogP) is 0.907. The highest BCUT2D eigenvalue weighted by Gasteiger charge is 2.21. The van der Waals surface area contributed by atoms with Crippen LogP contribution in [0.1, 0.15) is 32.4 Å². The number of hydrogen-bond acceptors (Lipinski definition) is 7. The molecule has 0 saturated carbocycles. The molecular formula is C14H19N3O5S2. The van der Waals surface area contributed by atoms with Crippen LogP contribution in [0.25, 0.3) is 4.96 Å². The summed E-state index contributed by atoms with van der Waals surface area (Å²) in [6, 6.07) is 0.279. The SMILES string of the molecule is CCCCS(=O)(=O)N[C@@H](C)C(=O)OCc1cc(=O)n2ccsc2n1. The van der Waals surface area contributed by atoms with E-state index in [9.17, 15) is 18.0 Å². The summed E-state index contributed by atoms with van der Waals surface area (Å²) >= 11 is 1.29. The lowest BCUT2D eigenvalue weighted by atomic mass is 10.4. The van der Waals surface area contributed by atoms with Crippen molar-refractivity contribution < 1.29 is 17.9 Å². The fourth-order valence-corrected chi connectivity index (χ4v) is 4.10. The van der Waals surface area contributed by atoms with Gasteiger partial charge >= 0.3 is 5.97 Å². The Morgan fingerprint density at radius 1 is 1.50 bits per heavy atom. The van der Waals surface area contributed by atoms with Crippen LogP contribution in [-0.4, -0.2) is 35.6 Å². The van der Waals surface area contributed by atoms with Gasteiger partial charge in [-0.3, -0.25) is 14.0 Å². The van der Waals surface area contributed by atoms with E-state index in [0.29, 0.717) is 17.1 Å². The maximum atomic E-state index is 11.9. The van der Waals surface area contributed by atoms with E-state index in [4.69, 9.17) is 4.74 Å². The van der Waals surface area contributed by atoms with Crippen LogP contribution >= 0.6 is 11.3 Å². The molecule has 0 amide bonds. The zero-order chi connectivity index (χ0) is 17.7. The Kier molecular flexibility index (Phi) is 6.08. The highest BCUT2D eigenvalue weighted by molar-refractivity contribution is 7.89. The summed E-state index contributed by atoms with van der Waals surface area (Å²) in [4.78, 5) is 28.4. The molecule has 132 valence electrons. The number of carbonyl (C=O) groups excluding carboxylic acids is 1. The largest absolute Gasteiger partial charge is 0.458 e. The second-order valence-corrected chi connectivity index (χ2v) is 8.01. The highest BCUT2D eigenvalue weighted by atomic mass is 32.2. The Morgan fingerprint density at radius 3 is 2.96 bits per heavy atom. The first-order valence-electron chi connectivity index (χ1n) is 7.45. The zero-order valence-corrected chi connectivity index (χ0v) is 15.0. The smallest absolute Gasteiger partial charge is 0.324 e. The van der Waals surface area contributed by atoms with Crippen LogP contribution in [-0.2, 0) is 26.2 Å². The molecule has 24 heavy (non-hydrogen) atoms. The average molecular weight is 373 g/mol. The van der Waals surface area contributed by atoms with Crippen molar-refractivity contribution in [1.29, 1.82) is 0 Å². The number of rotatable bonds is 8. The van der Waals surface area contributed by atoms with Crippen LogP contribution in [0, 0.1) is 0 Å². The number of ether oxygens (including phenoxy) is 1. The number of sulfonamides is 1. The molecule has 0 aliphatic rings. The Bertz CT molecular complexity index is 872. The third-order valence-corrected chi connectivity index (χ3v) is 5.49. The summed E-state index contributed by atoms with van der Waals surface area (Å²) in [6.45, 7) is 3.10. The average Bonchev–Trinajstić information content (AvgIpc) is 2.99. The lowest BCUT2D eigenvalue weighted by molar-refractivity contribution is -0.146. The third kappa shape index (κ3) is 4.86. The van der Waals surface area contributed by atoms with Crippen molar-refractivity contribution >= 4 is 32.3 Å². The second kappa shape index (κ2) is 7.86. The molecule has 0 saturated heterocycles. The second-order valence-electron chi connectivity index (χ2n) is 5.26. The number of esters is 1. The van der Waals surface area contributed by atoms with Gasteiger partial charge in [0.2, 0.25) is 10.0 Å². The lowest BCUT2D eigenvalue weighted by Crippen LogP contribution is -2.40. The van der Waals surface area contributed by atoms with E-state index in [2.05, 4.69) is 9.71 Å². The zero-order valence-electron chi connectivity index (χ0n) is 13.4. The molecule has 0 fully saturated rings. The summed E-state index contributed by atoms with van der Waals surface area (Å²) < 4.78 is 32.2. The molecule has 8 nitrogen and oxygen atoms in total. The van der Waals surface area contributed by atoms with Gasteiger partial charge in [-0.2, -0.15) is 0 Å². The minimum absolute atomic E-state index is 0.0332. The highest BCUT2D eigenvalue weighted by Crippen LogP contribution is 2.07. The molecule has 2 heterocycles. The van der Waals surface area contributed by atoms with Gasteiger partial charge in [0.25, 0.3) is 5.56 Å². The van der Waals surface area contributed by atoms with Crippen LogP contribution in [0.3, 0.4) is 0 Å². The number of thiazole rings is 1. The van der Waals surface area contributed by atoms with E-state index in [1.165, 1.54) is 28.7 Å². The molecule has 0 spiro atoms. The Morgan fingerprint density at radius 2 is 2.25 bits per heavy atom. The van der Waals surface area contributed by atoms with Gasteiger partial charge in [0.15, 0.2) is 4.96 Å². The summed E-state index contributed by atoms with van der Waals surface area (Å²) in [5.74, 6) is -0.752. The number of unbranched alkanes of at least 4 members (excludes halogenated alkanes) is 1. The minimum atomic E-state index is -3.52. The summed E-state index contributed by atoms with van der Waals surface area (Å²) in [5, 5.41) is 1.73. The first kappa shape index (κ1) is 18.6. The van der Waals surface area contributed by atoms with Crippen LogP contribution in [0.2, 0.25) is 0 Å². The first-order chi connectivity index (χ1) is 11.3. The van der Waals surface area contributed by atoms with E-state index in [1.807, 2.05) is 6.92 Å². The number of aromatic nitrogens is 2.